The van der Waals surface area contributed by atoms with Gasteiger partial charge in [-0.25, -0.2) is 0 Å². The molecule has 1 atom stereocenters. The molecule has 1 aromatic heterocycles. The molecule has 1 aliphatic rings. The van der Waals surface area contributed by atoms with Gasteiger partial charge in [0.1, 0.15) is 0 Å². The first-order valence-electron chi connectivity index (χ1n) is 6.53. The molecule has 1 fully saturated rings. The molecule has 0 saturated carbocycles. The molecule has 0 radical (unpaired) electrons. The molecule has 1 saturated heterocycles. The Kier molecular flexibility index (Phi) is 4.54. The van der Waals surface area contributed by atoms with Gasteiger partial charge < -0.3 is 4.74 Å². The normalized spacial score (nSPS) is 21.2. The minimum absolute atomic E-state index is 0.247. The summed E-state index contributed by atoms with van der Waals surface area (Å²) in [6.07, 6.45) is 1.04. The maximum absolute atomic E-state index is 12.3. The van der Waals surface area contributed by atoms with Gasteiger partial charge in [0.2, 0.25) is 0 Å². The van der Waals surface area contributed by atoms with Crippen LogP contribution in [0.3, 0.4) is 0 Å². The topological polar surface area (TPSA) is 29.5 Å². The number of hydrogen-bond acceptors (Lipinski definition) is 4. The van der Waals surface area contributed by atoms with Crippen LogP contribution in [0.2, 0.25) is 0 Å². The third-order valence-electron chi connectivity index (χ3n) is 3.51. The van der Waals surface area contributed by atoms with Gasteiger partial charge in [-0.15, -0.1) is 11.3 Å². The van der Waals surface area contributed by atoms with E-state index in [2.05, 4.69) is 18.7 Å². The van der Waals surface area contributed by atoms with Gasteiger partial charge in [-0.3, -0.25) is 9.69 Å². The standard InChI is InChI=1S/C14H21NO2S/c1-4-12-9-17-6-5-15(12)8-14(16)13-7-10(2)18-11(13)3/h7,12H,4-6,8-9H2,1-3H3. The summed E-state index contributed by atoms with van der Waals surface area (Å²) in [6.45, 7) is 9.12. The average Bonchev–Trinajstić information content (AvgIpc) is 2.69. The quantitative estimate of drug-likeness (QED) is 0.786. The Morgan fingerprint density at radius 1 is 1.56 bits per heavy atom. The first-order chi connectivity index (χ1) is 8.61. The lowest BCUT2D eigenvalue weighted by molar-refractivity contribution is -0.00585. The van der Waals surface area contributed by atoms with Gasteiger partial charge in [0, 0.05) is 27.9 Å². The van der Waals surface area contributed by atoms with Gasteiger partial charge in [-0.05, 0) is 26.3 Å². The summed E-state index contributed by atoms with van der Waals surface area (Å²) in [5, 5.41) is 0. The zero-order valence-corrected chi connectivity index (χ0v) is 12.2. The summed E-state index contributed by atoms with van der Waals surface area (Å²) in [5.41, 5.74) is 0.902. The summed E-state index contributed by atoms with van der Waals surface area (Å²) in [6, 6.07) is 2.41. The van der Waals surface area contributed by atoms with Gasteiger partial charge in [0.05, 0.1) is 19.8 Å². The van der Waals surface area contributed by atoms with Crippen molar-refractivity contribution in [1.82, 2.24) is 4.90 Å². The molecular weight excluding hydrogens is 246 g/mol. The number of ketones is 1. The monoisotopic (exact) mass is 267 g/mol. The number of nitrogens with zero attached hydrogens (tertiary/aromatic N) is 1. The molecule has 0 bridgehead atoms. The Morgan fingerprint density at radius 3 is 2.94 bits per heavy atom. The largest absolute Gasteiger partial charge is 0.378 e. The van der Waals surface area contributed by atoms with Crippen LogP contribution in [-0.4, -0.2) is 43.0 Å². The van der Waals surface area contributed by atoms with Crippen LogP contribution in [-0.2, 0) is 4.74 Å². The number of Topliss-reactive ketones (excluding diaryl/α,β-unsaturated/α-hetero) is 1. The lowest BCUT2D eigenvalue weighted by atomic mass is 10.1. The fourth-order valence-corrected chi connectivity index (χ4v) is 3.39. The van der Waals surface area contributed by atoms with E-state index in [-0.39, 0.29) is 5.78 Å². The van der Waals surface area contributed by atoms with Gasteiger partial charge in [0.25, 0.3) is 0 Å². The van der Waals surface area contributed by atoms with Crippen LogP contribution >= 0.6 is 11.3 Å². The van der Waals surface area contributed by atoms with E-state index >= 15 is 0 Å². The smallest absolute Gasteiger partial charge is 0.177 e. The molecule has 0 aromatic carbocycles. The van der Waals surface area contributed by atoms with Crippen molar-refractivity contribution < 1.29 is 9.53 Å². The van der Waals surface area contributed by atoms with E-state index in [0.717, 1.165) is 36.6 Å². The predicted molar refractivity (Wildman–Crippen MR) is 74.6 cm³/mol. The number of morpholine rings is 1. The van der Waals surface area contributed by atoms with Crippen molar-refractivity contribution in [3.8, 4) is 0 Å². The highest BCUT2D eigenvalue weighted by Crippen LogP contribution is 2.22. The number of ether oxygens (including phenoxy) is 1. The number of thiophene rings is 1. The highest BCUT2D eigenvalue weighted by Gasteiger charge is 2.24. The molecule has 1 unspecified atom stereocenters. The van der Waals surface area contributed by atoms with E-state index in [0.29, 0.717) is 12.6 Å². The molecule has 0 amide bonds. The van der Waals surface area contributed by atoms with Crippen molar-refractivity contribution in [2.75, 3.05) is 26.3 Å². The molecule has 2 rings (SSSR count). The van der Waals surface area contributed by atoms with Crippen LogP contribution in [0.1, 0.15) is 33.5 Å². The number of rotatable bonds is 4. The second-order valence-electron chi connectivity index (χ2n) is 4.86. The molecule has 2 heterocycles. The first kappa shape index (κ1) is 13.7. The molecule has 100 valence electrons. The van der Waals surface area contributed by atoms with Crippen LogP contribution in [0, 0.1) is 13.8 Å². The summed E-state index contributed by atoms with van der Waals surface area (Å²) >= 11 is 1.70. The van der Waals surface area contributed by atoms with E-state index in [4.69, 9.17) is 4.74 Å². The second kappa shape index (κ2) is 5.95. The highest BCUT2D eigenvalue weighted by atomic mass is 32.1. The third-order valence-corrected chi connectivity index (χ3v) is 4.47. The summed E-state index contributed by atoms with van der Waals surface area (Å²) < 4.78 is 5.47. The van der Waals surface area contributed by atoms with E-state index in [9.17, 15) is 4.79 Å². The van der Waals surface area contributed by atoms with Crippen molar-refractivity contribution in [3.63, 3.8) is 0 Å². The molecule has 1 aromatic rings. The molecule has 0 N–H and O–H groups in total. The van der Waals surface area contributed by atoms with Gasteiger partial charge >= 0.3 is 0 Å². The zero-order valence-electron chi connectivity index (χ0n) is 11.4. The van der Waals surface area contributed by atoms with Crippen LogP contribution < -0.4 is 0 Å². The Balaban J connectivity index is 2.04. The van der Waals surface area contributed by atoms with Crippen LogP contribution in [0.5, 0.6) is 0 Å². The third kappa shape index (κ3) is 2.99. The number of carbonyl (C=O) groups excluding carboxylic acids is 1. The lowest BCUT2D eigenvalue weighted by Gasteiger charge is -2.34. The van der Waals surface area contributed by atoms with Gasteiger partial charge in [-0.1, -0.05) is 6.92 Å². The van der Waals surface area contributed by atoms with Crippen molar-refractivity contribution in [2.24, 2.45) is 0 Å². The first-order valence-corrected chi connectivity index (χ1v) is 7.35. The van der Waals surface area contributed by atoms with E-state index in [1.165, 1.54) is 4.88 Å². The molecule has 4 heteroatoms. The molecule has 1 aliphatic heterocycles. The molecule has 3 nitrogen and oxygen atoms in total. The summed E-state index contributed by atoms with van der Waals surface area (Å²) in [7, 11) is 0. The maximum atomic E-state index is 12.3. The van der Waals surface area contributed by atoms with Crippen LogP contribution in [0.4, 0.5) is 0 Å². The maximum Gasteiger partial charge on any atom is 0.177 e. The molecule has 0 aliphatic carbocycles. The summed E-state index contributed by atoms with van der Waals surface area (Å²) in [4.78, 5) is 16.9. The van der Waals surface area contributed by atoms with E-state index in [1.807, 2.05) is 13.0 Å². The predicted octanol–water partition coefficient (Wildman–Crippen LogP) is 2.66. The van der Waals surface area contributed by atoms with Crippen LogP contribution in [0.25, 0.3) is 0 Å². The number of hydrogen-bond donors (Lipinski definition) is 0. The number of aryl methyl sites for hydroxylation is 2. The van der Waals surface area contributed by atoms with Crippen molar-refractivity contribution in [3.05, 3.63) is 21.4 Å². The fraction of sp³-hybridized carbons (Fsp3) is 0.643. The van der Waals surface area contributed by atoms with Gasteiger partial charge in [-0.2, -0.15) is 0 Å². The van der Waals surface area contributed by atoms with Gasteiger partial charge in [0.15, 0.2) is 5.78 Å². The minimum Gasteiger partial charge on any atom is -0.378 e. The minimum atomic E-state index is 0.247. The Hall–Kier alpha value is -0.710. The van der Waals surface area contributed by atoms with Crippen molar-refractivity contribution in [2.45, 2.75) is 33.2 Å². The lowest BCUT2D eigenvalue weighted by Crippen LogP contribution is -2.47. The van der Waals surface area contributed by atoms with Crippen molar-refractivity contribution in [1.29, 1.82) is 0 Å². The van der Waals surface area contributed by atoms with Crippen molar-refractivity contribution >= 4 is 17.1 Å². The fourth-order valence-electron chi connectivity index (χ4n) is 2.45. The molecular formula is C14H21NO2S. The second-order valence-corrected chi connectivity index (χ2v) is 6.32. The van der Waals surface area contributed by atoms with E-state index in [1.54, 1.807) is 11.3 Å². The highest BCUT2D eigenvalue weighted by molar-refractivity contribution is 7.12. The molecule has 0 spiro atoms. The Bertz CT molecular complexity index is 427. The Morgan fingerprint density at radius 2 is 2.33 bits per heavy atom. The molecule has 18 heavy (non-hydrogen) atoms. The van der Waals surface area contributed by atoms with E-state index < -0.39 is 0 Å². The average molecular weight is 267 g/mol. The number of carbonyl (C=O) groups is 1. The van der Waals surface area contributed by atoms with Crippen LogP contribution in [0.15, 0.2) is 6.07 Å². The Labute approximate surface area is 113 Å². The SMILES string of the molecule is CCC1COCCN1CC(=O)c1cc(C)sc1C. The summed E-state index contributed by atoms with van der Waals surface area (Å²) in [5.74, 6) is 0.247. The zero-order chi connectivity index (χ0) is 13.1.